The van der Waals surface area contributed by atoms with E-state index < -0.39 is 17.4 Å². The zero-order chi connectivity index (χ0) is 14.3. The minimum atomic E-state index is -1.29. The van der Waals surface area contributed by atoms with Crippen molar-refractivity contribution in [3.05, 3.63) is 12.2 Å². The zero-order valence-electron chi connectivity index (χ0n) is 11.1. The Labute approximate surface area is 107 Å². The summed E-state index contributed by atoms with van der Waals surface area (Å²) in [5.74, 6) is -0.848. The van der Waals surface area contributed by atoms with Gasteiger partial charge in [0.05, 0.1) is 6.61 Å². The third-order valence-corrected chi connectivity index (χ3v) is 2.49. The van der Waals surface area contributed by atoms with Gasteiger partial charge in [-0.3, -0.25) is 9.59 Å². The van der Waals surface area contributed by atoms with Gasteiger partial charge in [-0.15, -0.1) is 0 Å². The van der Waals surface area contributed by atoms with Gasteiger partial charge in [0, 0.05) is 24.1 Å². The molecule has 0 bridgehead atoms. The number of amides is 2. The molecular weight excluding hydrogens is 236 g/mol. The van der Waals surface area contributed by atoms with Gasteiger partial charge in [-0.2, -0.15) is 0 Å². The molecule has 4 N–H and O–H groups in total. The van der Waals surface area contributed by atoms with Crippen LogP contribution in [0.1, 0.15) is 20.8 Å². The maximum absolute atomic E-state index is 11.5. The highest BCUT2D eigenvalue weighted by Crippen LogP contribution is 2.19. The van der Waals surface area contributed by atoms with Crippen molar-refractivity contribution in [2.24, 2.45) is 5.41 Å². The third-order valence-electron chi connectivity index (χ3n) is 2.49. The summed E-state index contributed by atoms with van der Waals surface area (Å²) in [6.07, 6.45) is -1.29. The molecule has 0 radical (unpaired) electrons. The van der Waals surface area contributed by atoms with Crippen LogP contribution in [-0.4, -0.2) is 47.8 Å². The number of aliphatic hydroxyl groups is 2. The van der Waals surface area contributed by atoms with Crippen LogP contribution in [0.2, 0.25) is 0 Å². The van der Waals surface area contributed by atoms with E-state index in [4.69, 9.17) is 5.11 Å². The molecule has 0 aromatic carbocycles. The van der Waals surface area contributed by atoms with Crippen LogP contribution < -0.4 is 10.6 Å². The fourth-order valence-corrected chi connectivity index (χ4v) is 1.05. The highest BCUT2D eigenvalue weighted by atomic mass is 16.3. The lowest BCUT2D eigenvalue weighted by atomic mass is 9.87. The van der Waals surface area contributed by atoms with Gasteiger partial charge in [0.15, 0.2) is 0 Å². The summed E-state index contributed by atoms with van der Waals surface area (Å²) in [5.41, 5.74) is -0.506. The van der Waals surface area contributed by atoms with Gasteiger partial charge in [-0.1, -0.05) is 20.4 Å². The molecule has 18 heavy (non-hydrogen) atoms. The van der Waals surface area contributed by atoms with E-state index in [2.05, 4.69) is 17.2 Å². The summed E-state index contributed by atoms with van der Waals surface area (Å²) < 4.78 is 0. The topological polar surface area (TPSA) is 98.7 Å². The van der Waals surface area contributed by atoms with Crippen molar-refractivity contribution in [3.63, 3.8) is 0 Å². The molecular formula is C12H22N2O4. The second-order valence-electron chi connectivity index (χ2n) is 4.88. The number of carbonyl (C=O) groups is 2. The lowest BCUT2D eigenvalue weighted by molar-refractivity contribution is -0.137. The molecule has 0 rings (SSSR count). The molecule has 0 aromatic rings. The summed E-state index contributed by atoms with van der Waals surface area (Å²) in [5, 5.41) is 23.7. The molecule has 0 aliphatic rings. The summed E-state index contributed by atoms with van der Waals surface area (Å²) in [6.45, 7) is 8.39. The van der Waals surface area contributed by atoms with E-state index in [1.165, 1.54) is 0 Å². The SMILES string of the molecule is C=C(C)C(=O)NCCNC(=O)C(O)C(C)(C)CO. The number of hydrogen-bond acceptors (Lipinski definition) is 4. The second kappa shape index (κ2) is 7.13. The number of nitrogens with one attached hydrogen (secondary N) is 2. The molecule has 6 nitrogen and oxygen atoms in total. The maximum atomic E-state index is 11.5. The van der Waals surface area contributed by atoms with Gasteiger partial charge in [-0.25, -0.2) is 0 Å². The summed E-state index contributed by atoms with van der Waals surface area (Å²) >= 11 is 0. The first-order valence-electron chi connectivity index (χ1n) is 5.72. The van der Waals surface area contributed by atoms with Gasteiger partial charge in [0.25, 0.3) is 0 Å². The minimum absolute atomic E-state index is 0.205. The fourth-order valence-electron chi connectivity index (χ4n) is 1.05. The Morgan fingerprint density at radius 2 is 1.78 bits per heavy atom. The van der Waals surface area contributed by atoms with Crippen LogP contribution in [0.3, 0.4) is 0 Å². The number of hydrogen-bond donors (Lipinski definition) is 4. The average Bonchev–Trinajstić information content (AvgIpc) is 2.32. The van der Waals surface area contributed by atoms with Crippen LogP contribution in [0.25, 0.3) is 0 Å². The van der Waals surface area contributed by atoms with Gasteiger partial charge < -0.3 is 20.8 Å². The second-order valence-corrected chi connectivity index (χ2v) is 4.88. The molecule has 1 unspecified atom stereocenters. The number of rotatable bonds is 7. The molecule has 0 aliphatic heterocycles. The summed E-state index contributed by atoms with van der Waals surface area (Å²) in [6, 6.07) is 0. The first kappa shape index (κ1) is 16.6. The van der Waals surface area contributed by atoms with E-state index in [1.807, 2.05) is 0 Å². The average molecular weight is 258 g/mol. The predicted molar refractivity (Wildman–Crippen MR) is 67.7 cm³/mol. The Morgan fingerprint density at radius 1 is 1.28 bits per heavy atom. The van der Waals surface area contributed by atoms with Crippen LogP contribution in [0.5, 0.6) is 0 Å². The molecule has 0 saturated heterocycles. The molecule has 0 aromatic heterocycles. The van der Waals surface area contributed by atoms with E-state index in [-0.39, 0.29) is 25.6 Å². The van der Waals surface area contributed by atoms with Crippen LogP contribution in [0, 0.1) is 5.41 Å². The van der Waals surface area contributed by atoms with Crippen molar-refractivity contribution in [2.75, 3.05) is 19.7 Å². The van der Waals surface area contributed by atoms with Crippen LogP contribution in [0.4, 0.5) is 0 Å². The minimum Gasteiger partial charge on any atom is -0.396 e. The zero-order valence-corrected chi connectivity index (χ0v) is 11.1. The molecule has 1 atom stereocenters. The molecule has 0 spiro atoms. The van der Waals surface area contributed by atoms with Gasteiger partial charge in [-0.05, 0) is 6.92 Å². The van der Waals surface area contributed by atoms with Crippen molar-refractivity contribution < 1.29 is 19.8 Å². The third kappa shape index (κ3) is 5.29. The van der Waals surface area contributed by atoms with Crippen molar-refractivity contribution in [1.82, 2.24) is 10.6 Å². The predicted octanol–water partition coefficient (Wildman–Crippen LogP) is -0.826. The van der Waals surface area contributed by atoms with Crippen LogP contribution in [0.15, 0.2) is 12.2 Å². The number of carbonyl (C=O) groups excluding carboxylic acids is 2. The number of aliphatic hydroxyl groups excluding tert-OH is 2. The standard InChI is InChI=1S/C12H22N2O4/c1-8(2)10(17)13-5-6-14-11(18)9(16)12(3,4)7-15/h9,15-16H,1,5-7H2,2-4H3,(H,13,17)(H,14,18). The van der Waals surface area contributed by atoms with Gasteiger partial charge >= 0.3 is 0 Å². The van der Waals surface area contributed by atoms with Gasteiger partial charge in [0.1, 0.15) is 6.10 Å². The Kier molecular flexibility index (Phi) is 6.57. The maximum Gasteiger partial charge on any atom is 0.249 e. The van der Waals surface area contributed by atoms with Crippen molar-refractivity contribution in [2.45, 2.75) is 26.9 Å². The largest absolute Gasteiger partial charge is 0.396 e. The Bertz CT molecular complexity index is 326. The molecule has 0 heterocycles. The Hall–Kier alpha value is -1.40. The van der Waals surface area contributed by atoms with E-state index in [1.54, 1.807) is 20.8 Å². The molecule has 0 fully saturated rings. The lowest BCUT2D eigenvalue weighted by Crippen LogP contribution is -2.47. The molecule has 6 heteroatoms. The van der Waals surface area contributed by atoms with Crippen molar-refractivity contribution in [3.8, 4) is 0 Å². The van der Waals surface area contributed by atoms with Crippen molar-refractivity contribution >= 4 is 11.8 Å². The smallest absolute Gasteiger partial charge is 0.249 e. The molecule has 0 aliphatic carbocycles. The van der Waals surface area contributed by atoms with E-state index >= 15 is 0 Å². The summed E-state index contributed by atoms with van der Waals surface area (Å²) in [4.78, 5) is 22.6. The first-order chi connectivity index (χ1) is 8.22. The molecule has 104 valence electrons. The van der Waals surface area contributed by atoms with Gasteiger partial charge in [0.2, 0.25) is 11.8 Å². The van der Waals surface area contributed by atoms with E-state index in [0.29, 0.717) is 5.57 Å². The Morgan fingerprint density at radius 3 is 2.22 bits per heavy atom. The van der Waals surface area contributed by atoms with E-state index in [9.17, 15) is 14.7 Å². The Balaban J connectivity index is 3.98. The highest BCUT2D eigenvalue weighted by molar-refractivity contribution is 5.92. The highest BCUT2D eigenvalue weighted by Gasteiger charge is 2.32. The van der Waals surface area contributed by atoms with Crippen molar-refractivity contribution in [1.29, 1.82) is 0 Å². The quantitative estimate of drug-likeness (QED) is 0.354. The van der Waals surface area contributed by atoms with Crippen LogP contribution >= 0.6 is 0 Å². The molecule has 0 saturated carbocycles. The van der Waals surface area contributed by atoms with E-state index in [0.717, 1.165) is 0 Å². The molecule has 2 amide bonds. The normalized spacial score (nSPS) is 12.7. The summed E-state index contributed by atoms with van der Waals surface area (Å²) in [7, 11) is 0. The monoisotopic (exact) mass is 258 g/mol. The fraction of sp³-hybridized carbons (Fsp3) is 0.667. The van der Waals surface area contributed by atoms with Crippen LogP contribution in [-0.2, 0) is 9.59 Å². The lowest BCUT2D eigenvalue weighted by Gasteiger charge is -2.27. The first-order valence-corrected chi connectivity index (χ1v) is 5.72.